The molecule has 10 nitrogen and oxygen atoms in total. The van der Waals surface area contributed by atoms with Crippen molar-refractivity contribution in [2.75, 3.05) is 18.1 Å². The monoisotopic (exact) mass is 454 g/mol. The van der Waals surface area contributed by atoms with Crippen molar-refractivity contribution in [1.29, 1.82) is 0 Å². The summed E-state index contributed by atoms with van der Waals surface area (Å²) in [5.41, 5.74) is 1.59. The zero-order valence-corrected chi connectivity index (χ0v) is 16.9. The number of cyclic esters (lactones) is 1. The van der Waals surface area contributed by atoms with Gasteiger partial charge in [0.1, 0.15) is 29.6 Å². The molecule has 0 unspecified atom stereocenters. The summed E-state index contributed by atoms with van der Waals surface area (Å²) in [6.45, 7) is -0.377. The van der Waals surface area contributed by atoms with E-state index in [1.165, 1.54) is 17.0 Å². The molecular weight excluding hydrogens is 438 g/mol. The molecule has 168 valence electrons. The number of hydrogen-bond donors (Lipinski definition) is 1. The zero-order valence-electron chi connectivity index (χ0n) is 16.9. The molecular formula is C21H16F2N6O4. The summed E-state index contributed by atoms with van der Waals surface area (Å²) in [6, 6.07) is 9.50. The van der Waals surface area contributed by atoms with Crippen molar-refractivity contribution in [2.24, 2.45) is 0 Å². The summed E-state index contributed by atoms with van der Waals surface area (Å²) in [5.74, 6) is -1.50. The number of aromatic nitrogens is 5. The first-order valence-electron chi connectivity index (χ1n) is 9.87. The van der Waals surface area contributed by atoms with Gasteiger partial charge in [-0.15, -0.1) is 0 Å². The van der Waals surface area contributed by atoms with Crippen LogP contribution < -0.4 is 4.90 Å². The van der Waals surface area contributed by atoms with Crippen LogP contribution in [0.3, 0.4) is 0 Å². The molecule has 3 aromatic heterocycles. The molecule has 0 spiro atoms. The summed E-state index contributed by atoms with van der Waals surface area (Å²) in [5, 5.41) is 17.6. The molecule has 33 heavy (non-hydrogen) atoms. The fourth-order valence-corrected chi connectivity index (χ4v) is 3.45. The van der Waals surface area contributed by atoms with Crippen LogP contribution in [0.2, 0.25) is 0 Å². The van der Waals surface area contributed by atoms with Crippen LogP contribution in [0.5, 0.6) is 0 Å². The van der Waals surface area contributed by atoms with Gasteiger partial charge in [-0.25, -0.2) is 23.5 Å². The number of halogens is 2. The molecule has 1 atom stereocenters. The number of carbonyl (C=O) groups excluding carboxylic acids is 1. The number of aliphatic hydroxyl groups excluding tert-OH is 1. The Kier molecular flexibility index (Phi) is 5.26. The smallest absolute Gasteiger partial charge is 0.416 e. The molecule has 4 heterocycles. The fourth-order valence-electron chi connectivity index (χ4n) is 3.45. The van der Waals surface area contributed by atoms with Crippen molar-refractivity contribution in [1.82, 2.24) is 24.9 Å². The lowest BCUT2D eigenvalue weighted by Gasteiger charge is -2.12. The van der Waals surface area contributed by atoms with Gasteiger partial charge in [0.05, 0.1) is 31.6 Å². The Morgan fingerprint density at radius 1 is 1.15 bits per heavy atom. The first-order chi connectivity index (χ1) is 16.0. The minimum atomic E-state index is -0.836. The predicted octanol–water partition coefficient (Wildman–Crippen LogP) is 2.64. The van der Waals surface area contributed by atoms with Gasteiger partial charge in [-0.05, 0) is 12.1 Å². The molecule has 0 aliphatic carbocycles. The molecule has 0 bridgehead atoms. The third kappa shape index (κ3) is 3.91. The highest BCUT2D eigenvalue weighted by molar-refractivity contribution is 5.89. The van der Waals surface area contributed by atoms with Gasteiger partial charge in [-0.2, -0.15) is 5.10 Å². The molecule has 1 aliphatic heterocycles. The Balaban J connectivity index is 1.55. The van der Waals surface area contributed by atoms with Crippen molar-refractivity contribution in [3.63, 3.8) is 0 Å². The highest BCUT2D eigenvalue weighted by Gasteiger charge is 2.35. The average Bonchev–Trinajstić information content (AvgIpc) is 3.56. The lowest BCUT2D eigenvalue weighted by Crippen LogP contribution is -2.27. The Bertz CT molecular complexity index is 1310. The van der Waals surface area contributed by atoms with Crippen LogP contribution >= 0.6 is 0 Å². The largest absolute Gasteiger partial charge is 0.441 e. The standard InChI is InChI=1S/C21H16F2N6O4/c22-14-4-2-1-3-12(14)9-29-18(16-5-6-32-27-16)7-17(26-29)19-24-8-15(23)20(25-19)28-10-13(11-30)33-21(28)31/h1-8,13,30H,9-11H2/t13-/m1/s1. The Hall–Kier alpha value is -4.19. The van der Waals surface area contributed by atoms with E-state index in [1.54, 1.807) is 30.3 Å². The Morgan fingerprint density at radius 2 is 2.00 bits per heavy atom. The highest BCUT2D eigenvalue weighted by atomic mass is 19.1. The van der Waals surface area contributed by atoms with Gasteiger partial charge in [-0.3, -0.25) is 9.58 Å². The number of aliphatic hydroxyl groups is 1. The molecule has 0 saturated carbocycles. The van der Waals surface area contributed by atoms with Crippen LogP contribution in [0.25, 0.3) is 22.9 Å². The molecule has 1 saturated heterocycles. The van der Waals surface area contributed by atoms with Crippen molar-refractivity contribution in [3.8, 4) is 22.9 Å². The second-order valence-electron chi connectivity index (χ2n) is 7.21. The highest BCUT2D eigenvalue weighted by Crippen LogP contribution is 2.28. The second-order valence-corrected chi connectivity index (χ2v) is 7.21. The maximum atomic E-state index is 14.5. The van der Waals surface area contributed by atoms with Crippen molar-refractivity contribution < 1.29 is 27.9 Å². The lowest BCUT2D eigenvalue weighted by molar-refractivity contribution is 0.0963. The average molecular weight is 454 g/mol. The van der Waals surface area contributed by atoms with E-state index in [2.05, 4.69) is 20.2 Å². The number of hydrogen-bond acceptors (Lipinski definition) is 8. The van der Waals surface area contributed by atoms with Gasteiger partial charge in [0.15, 0.2) is 17.5 Å². The normalized spacial score (nSPS) is 15.8. The molecule has 1 fully saturated rings. The van der Waals surface area contributed by atoms with Crippen LogP contribution in [-0.4, -0.2) is 55.4 Å². The van der Waals surface area contributed by atoms with E-state index in [0.717, 1.165) is 11.1 Å². The molecule has 1 aromatic carbocycles. The van der Waals surface area contributed by atoms with Crippen LogP contribution in [0.1, 0.15) is 5.56 Å². The number of carbonyl (C=O) groups is 1. The van der Waals surface area contributed by atoms with E-state index < -0.39 is 30.4 Å². The summed E-state index contributed by atoms with van der Waals surface area (Å²) < 4.78 is 40.1. The number of nitrogens with zero attached hydrogens (tertiary/aromatic N) is 6. The van der Waals surface area contributed by atoms with Crippen LogP contribution in [-0.2, 0) is 11.3 Å². The minimum Gasteiger partial charge on any atom is -0.441 e. The van der Waals surface area contributed by atoms with Gasteiger partial charge >= 0.3 is 6.09 Å². The first-order valence-corrected chi connectivity index (χ1v) is 9.87. The third-order valence-electron chi connectivity index (χ3n) is 5.05. The van der Waals surface area contributed by atoms with E-state index in [4.69, 9.17) is 9.26 Å². The topological polar surface area (TPSA) is 119 Å². The van der Waals surface area contributed by atoms with E-state index >= 15 is 0 Å². The predicted molar refractivity (Wildman–Crippen MR) is 109 cm³/mol. The molecule has 1 aliphatic rings. The van der Waals surface area contributed by atoms with E-state index in [0.29, 0.717) is 17.0 Å². The van der Waals surface area contributed by atoms with Gasteiger partial charge in [0, 0.05) is 11.6 Å². The number of amides is 1. The molecule has 1 amide bonds. The molecule has 4 aromatic rings. The van der Waals surface area contributed by atoms with Crippen molar-refractivity contribution >= 4 is 11.9 Å². The zero-order chi connectivity index (χ0) is 22.9. The number of benzene rings is 1. The second kappa shape index (κ2) is 8.39. The number of ether oxygens (including phenoxy) is 1. The summed E-state index contributed by atoms with van der Waals surface area (Å²) in [4.78, 5) is 21.2. The van der Waals surface area contributed by atoms with E-state index in [1.807, 2.05) is 0 Å². The third-order valence-corrected chi connectivity index (χ3v) is 5.05. The summed E-state index contributed by atoms with van der Waals surface area (Å²) >= 11 is 0. The number of rotatable bonds is 6. The summed E-state index contributed by atoms with van der Waals surface area (Å²) in [7, 11) is 0. The molecule has 0 radical (unpaired) electrons. The molecule has 5 rings (SSSR count). The van der Waals surface area contributed by atoms with E-state index in [-0.39, 0.29) is 30.4 Å². The fraction of sp³-hybridized carbons (Fsp3) is 0.190. The Labute approximate surface area is 185 Å². The Morgan fingerprint density at radius 3 is 2.73 bits per heavy atom. The minimum absolute atomic E-state index is 0.0312. The van der Waals surface area contributed by atoms with Crippen LogP contribution in [0.4, 0.5) is 19.4 Å². The van der Waals surface area contributed by atoms with Crippen molar-refractivity contribution in [2.45, 2.75) is 12.6 Å². The van der Waals surface area contributed by atoms with Gasteiger partial charge < -0.3 is 14.4 Å². The van der Waals surface area contributed by atoms with Gasteiger partial charge in [0.25, 0.3) is 0 Å². The van der Waals surface area contributed by atoms with Gasteiger partial charge in [-0.1, -0.05) is 23.4 Å². The molecule has 1 N–H and O–H groups in total. The van der Waals surface area contributed by atoms with Gasteiger partial charge in [0.2, 0.25) is 0 Å². The van der Waals surface area contributed by atoms with E-state index in [9.17, 15) is 18.7 Å². The quantitative estimate of drug-likeness (QED) is 0.472. The van der Waals surface area contributed by atoms with Crippen LogP contribution in [0, 0.1) is 11.6 Å². The maximum absolute atomic E-state index is 14.5. The lowest BCUT2D eigenvalue weighted by atomic mass is 10.2. The first kappa shape index (κ1) is 20.7. The number of anilines is 1. The van der Waals surface area contributed by atoms with Crippen molar-refractivity contribution in [3.05, 3.63) is 66.1 Å². The summed E-state index contributed by atoms with van der Waals surface area (Å²) in [6.07, 6.45) is 0.696. The van der Waals surface area contributed by atoms with Crippen LogP contribution in [0.15, 0.2) is 53.4 Å². The SMILES string of the molecule is O=C1O[C@@H](CO)CN1c1nc(-c2cc(-c3ccon3)n(Cc3ccccc3F)n2)ncc1F. The maximum Gasteiger partial charge on any atom is 0.416 e. The molecule has 12 heteroatoms.